The zero-order valence-corrected chi connectivity index (χ0v) is 19.7. The molecule has 0 amide bonds. The summed E-state index contributed by atoms with van der Waals surface area (Å²) in [5.41, 5.74) is 2.77. The van der Waals surface area contributed by atoms with Crippen molar-refractivity contribution in [3.8, 4) is 0 Å². The summed E-state index contributed by atoms with van der Waals surface area (Å²) < 4.78 is 27.6. The Hall–Kier alpha value is -1.65. The smallest absolute Gasteiger partial charge is 0.240 e. The lowest BCUT2D eigenvalue weighted by atomic mass is 10.2. The molecule has 0 saturated carbocycles. The maximum atomic E-state index is 12.5. The quantitative estimate of drug-likeness (QED) is 0.218. The first-order valence-electron chi connectivity index (χ1n) is 9.05. The molecular formula is C20H29IN4O2S. The van der Waals surface area contributed by atoms with Gasteiger partial charge >= 0.3 is 0 Å². The van der Waals surface area contributed by atoms with Gasteiger partial charge in [-0.25, -0.2) is 18.1 Å². The minimum absolute atomic E-state index is 0. The molecule has 0 aromatic heterocycles. The van der Waals surface area contributed by atoms with Crippen LogP contribution in [0.2, 0.25) is 0 Å². The molecule has 2 rings (SSSR count). The largest absolute Gasteiger partial charge is 0.357 e. The Bertz CT molecular complexity index is 871. The molecule has 0 unspecified atom stereocenters. The summed E-state index contributed by atoms with van der Waals surface area (Å²) in [6.07, 6.45) is 0. The molecule has 2 aromatic carbocycles. The lowest BCUT2D eigenvalue weighted by Crippen LogP contribution is -2.41. The summed E-state index contributed by atoms with van der Waals surface area (Å²) in [4.78, 5) is 4.84. The number of rotatable bonds is 8. The van der Waals surface area contributed by atoms with Gasteiger partial charge in [-0.15, -0.1) is 24.0 Å². The molecule has 3 N–H and O–H groups in total. The minimum atomic E-state index is -3.53. The van der Waals surface area contributed by atoms with E-state index in [9.17, 15) is 8.42 Å². The Morgan fingerprint density at radius 1 is 1.00 bits per heavy atom. The van der Waals surface area contributed by atoms with E-state index in [0.717, 1.165) is 23.2 Å². The van der Waals surface area contributed by atoms with Crippen LogP contribution in [0.25, 0.3) is 0 Å². The second kappa shape index (κ2) is 12.0. The summed E-state index contributed by atoms with van der Waals surface area (Å²) in [5.74, 6) is 0.660. The molecule has 0 atom stereocenters. The number of sulfonamides is 1. The molecule has 8 heteroatoms. The molecule has 28 heavy (non-hydrogen) atoms. The fraction of sp³-hybridized carbons (Fsp3) is 0.350. The molecule has 0 aliphatic rings. The molecule has 0 radical (unpaired) electrons. The Balaban J connectivity index is 0.00000392. The van der Waals surface area contributed by atoms with E-state index < -0.39 is 10.0 Å². The predicted molar refractivity (Wildman–Crippen MR) is 126 cm³/mol. The fourth-order valence-corrected chi connectivity index (χ4v) is 3.90. The first-order valence-corrected chi connectivity index (χ1v) is 10.5. The van der Waals surface area contributed by atoms with Crippen LogP contribution in [0, 0.1) is 13.8 Å². The minimum Gasteiger partial charge on any atom is -0.357 e. The van der Waals surface area contributed by atoms with Crippen LogP contribution >= 0.6 is 24.0 Å². The van der Waals surface area contributed by atoms with E-state index in [0.29, 0.717) is 23.9 Å². The lowest BCUT2D eigenvalue weighted by Gasteiger charge is -2.13. The van der Waals surface area contributed by atoms with Gasteiger partial charge in [0.2, 0.25) is 10.0 Å². The maximum absolute atomic E-state index is 12.5. The van der Waals surface area contributed by atoms with E-state index >= 15 is 0 Å². The number of benzene rings is 2. The number of aliphatic imine (C=N–C) groups is 1. The monoisotopic (exact) mass is 516 g/mol. The van der Waals surface area contributed by atoms with Crippen LogP contribution in [0.1, 0.15) is 23.6 Å². The molecule has 0 spiro atoms. The standard InChI is InChI=1S/C20H28N4O2S.HI/c1-4-21-20(23-15-18-8-6-5-7-9-18)22-12-13-24-27(25,26)19-14-16(2)10-11-17(19)3;/h5-11,14,24H,4,12-13,15H2,1-3H3,(H2,21,22,23);1H. The van der Waals surface area contributed by atoms with Gasteiger partial charge in [0, 0.05) is 19.6 Å². The molecule has 0 heterocycles. The number of hydrogen-bond donors (Lipinski definition) is 3. The average Bonchev–Trinajstić information content (AvgIpc) is 2.65. The van der Waals surface area contributed by atoms with E-state index in [1.54, 1.807) is 13.0 Å². The number of guanidine groups is 1. The van der Waals surface area contributed by atoms with E-state index in [2.05, 4.69) is 20.3 Å². The van der Waals surface area contributed by atoms with Crippen molar-refractivity contribution in [3.05, 3.63) is 65.2 Å². The van der Waals surface area contributed by atoms with Gasteiger partial charge in [-0.05, 0) is 43.5 Å². The van der Waals surface area contributed by atoms with Crippen LogP contribution < -0.4 is 15.4 Å². The maximum Gasteiger partial charge on any atom is 0.240 e. The highest BCUT2D eigenvalue weighted by Crippen LogP contribution is 2.16. The third kappa shape index (κ3) is 7.76. The predicted octanol–water partition coefficient (Wildman–Crippen LogP) is 2.96. The van der Waals surface area contributed by atoms with Gasteiger partial charge in [-0.1, -0.05) is 42.5 Å². The van der Waals surface area contributed by atoms with Gasteiger partial charge in [0.05, 0.1) is 11.4 Å². The van der Waals surface area contributed by atoms with Crippen molar-refractivity contribution in [1.29, 1.82) is 0 Å². The molecule has 0 fully saturated rings. The summed E-state index contributed by atoms with van der Waals surface area (Å²) >= 11 is 0. The Labute approximate surface area is 185 Å². The number of hydrogen-bond acceptors (Lipinski definition) is 3. The van der Waals surface area contributed by atoms with Crippen molar-refractivity contribution < 1.29 is 8.42 Å². The molecule has 6 nitrogen and oxygen atoms in total. The first kappa shape index (κ1) is 24.4. The Kier molecular flexibility index (Phi) is 10.5. The SMILES string of the molecule is CCNC(=NCc1ccccc1)NCCNS(=O)(=O)c1cc(C)ccc1C.I. The van der Waals surface area contributed by atoms with E-state index in [4.69, 9.17) is 0 Å². The van der Waals surface area contributed by atoms with E-state index in [1.807, 2.05) is 56.3 Å². The summed E-state index contributed by atoms with van der Waals surface area (Å²) in [5, 5.41) is 6.31. The van der Waals surface area contributed by atoms with Crippen LogP contribution in [0.5, 0.6) is 0 Å². The number of aryl methyl sites for hydroxylation is 2. The van der Waals surface area contributed by atoms with Gasteiger partial charge in [-0.2, -0.15) is 0 Å². The molecule has 154 valence electrons. The molecule has 2 aromatic rings. The number of halogens is 1. The van der Waals surface area contributed by atoms with Gasteiger partial charge in [0.15, 0.2) is 5.96 Å². The van der Waals surface area contributed by atoms with Crippen LogP contribution in [-0.2, 0) is 16.6 Å². The van der Waals surface area contributed by atoms with Crippen molar-refractivity contribution >= 4 is 40.0 Å². The zero-order valence-electron chi connectivity index (χ0n) is 16.5. The van der Waals surface area contributed by atoms with Crippen LogP contribution in [0.4, 0.5) is 0 Å². The van der Waals surface area contributed by atoms with Crippen molar-refractivity contribution in [2.45, 2.75) is 32.2 Å². The topological polar surface area (TPSA) is 82.6 Å². The highest BCUT2D eigenvalue weighted by Gasteiger charge is 2.16. The summed E-state index contributed by atoms with van der Waals surface area (Å²) in [6, 6.07) is 15.4. The average molecular weight is 516 g/mol. The van der Waals surface area contributed by atoms with Gasteiger partial charge in [0.1, 0.15) is 0 Å². The van der Waals surface area contributed by atoms with Gasteiger partial charge < -0.3 is 10.6 Å². The Morgan fingerprint density at radius 2 is 1.71 bits per heavy atom. The van der Waals surface area contributed by atoms with Crippen LogP contribution in [-0.4, -0.2) is 34.0 Å². The summed E-state index contributed by atoms with van der Waals surface area (Å²) in [7, 11) is -3.53. The highest BCUT2D eigenvalue weighted by molar-refractivity contribution is 14.0. The third-order valence-corrected chi connectivity index (χ3v) is 5.55. The lowest BCUT2D eigenvalue weighted by molar-refractivity contribution is 0.580. The van der Waals surface area contributed by atoms with Crippen molar-refractivity contribution in [1.82, 2.24) is 15.4 Å². The fourth-order valence-electron chi connectivity index (χ4n) is 2.54. The molecule has 0 bridgehead atoms. The van der Waals surface area contributed by atoms with Crippen LogP contribution in [0.15, 0.2) is 58.4 Å². The van der Waals surface area contributed by atoms with Crippen molar-refractivity contribution in [2.24, 2.45) is 4.99 Å². The number of nitrogens with zero attached hydrogens (tertiary/aromatic N) is 1. The normalized spacial score (nSPS) is 11.6. The second-order valence-corrected chi connectivity index (χ2v) is 8.01. The molecular weight excluding hydrogens is 487 g/mol. The van der Waals surface area contributed by atoms with Crippen LogP contribution in [0.3, 0.4) is 0 Å². The van der Waals surface area contributed by atoms with Crippen molar-refractivity contribution in [2.75, 3.05) is 19.6 Å². The summed E-state index contributed by atoms with van der Waals surface area (Å²) in [6.45, 7) is 7.66. The van der Waals surface area contributed by atoms with Gasteiger partial charge in [-0.3, -0.25) is 0 Å². The molecule has 0 aliphatic heterocycles. The number of nitrogens with one attached hydrogen (secondary N) is 3. The highest BCUT2D eigenvalue weighted by atomic mass is 127. The second-order valence-electron chi connectivity index (χ2n) is 6.27. The first-order chi connectivity index (χ1) is 12.9. The Morgan fingerprint density at radius 3 is 2.39 bits per heavy atom. The third-order valence-electron chi connectivity index (χ3n) is 3.95. The molecule has 0 saturated heterocycles. The van der Waals surface area contributed by atoms with E-state index in [1.165, 1.54) is 0 Å². The zero-order chi connectivity index (χ0) is 19.7. The molecule has 0 aliphatic carbocycles. The van der Waals surface area contributed by atoms with Gasteiger partial charge in [0.25, 0.3) is 0 Å². The van der Waals surface area contributed by atoms with E-state index in [-0.39, 0.29) is 30.5 Å². The van der Waals surface area contributed by atoms with Crippen molar-refractivity contribution in [3.63, 3.8) is 0 Å².